The Bertz CT molecular complexity index is 404. The second-order valence-corrected chi connectivity index (χ2v) is 6.68. The summed E-state index contributed by atoms with van der Waals surface area (Å²) in [6.45, 7) is 4.85. The Balaban J connectivity index is 2.71. The highest BCUT2D eigenvalue weighted by molar-refractivity contribution is 9.10. The molecule has 0 saturated carbocycles. The Morgan fingerprint density at radius 1 is 1.47 bits per heavy atom. The lowest BCUT2D eigenvalue weighted by Gasteiger charge is -2.18. The maximum Gasteiger partial charge on any atom is 0.253 e. The van der Waals surface area contributed by atoms with E-state index in [2.05, 4.69) is 38.8 Å². The topological polar surface area (TPSA) is 20.3 Å². The van der Waals surface area contributed by atoms with Crippen molar-refractivity contribution in [2.24, 2.45) is 0 Å². The molecule has 0 fully saturated rings. The summed E-state index contributed by atoms with van der Waals surface area (Å²) in [7, 11) is 1.84. The van der Waals surface area contributed by atoms with Gasteiger partial charge in [-0.1, -0.05) is 44.8 Å². The van der Waals surface area contributed by atoms with Crippen LogP contribution in [-0.4, -0.2) is 29.2 Å². The van der Waals surface area contributed by atoms with E-state index in [1.807, 2.05) is 32.2 Å². The third-order valence-corrected chi connectivity index (χ3v) is 3.94. The first-order valence-electron chi connectivity index (χ1n) is 5.57. The predicted octanol–water partition coefficient (Wildman–Crippen LogP) is 4.00. The van der Waals surface area contributed by atoms with Crippen molar-refractivity contribution in [2.75, 3.05) is 13.6 Å². The zero-order valence-corrected chi connectivity index (χ0v) is 13.5. The first-order chi connectivity index (χ1) is 7.91. The van der Waals surface area contributed by atoms with Crippen molar-refractivity contribution >= 4 is 37.8 Å². The standard InChI is InChI=1S/C13H17Br2NO/c1-9-4-5-11(8-12(9)15)13(17)16(3)7-6-10(2)14/h4-5,8,10H,6-7H2,1-3H3. The minimum atomic E-state index is 0.0684. The molecule has 0 spiro atoms. The summed E-state index contributed by atoms with van der Waals surface area (Å²) < 4.78 is 0.977. The number of nitrogens with zero attached hydrogens (tertiary/aromatic N) is 1. The van der Waals surface area contributed by atoms with Gasteiger partial charge in [-0.05, 0) is 31.0 Å². The SMILES string of the molecule is Cc1ccc(C(=O)N(C)CCC(C)Br)cc1Br. The van der Waals surface area contributed by atoms with Gasteiger partial charge in [0, 0.05) is 28.5 Å². The van der Waals surface area contributed by atoms with Crippen LogP contribution in [0, 0.1) is 6.92 Å². The molecule has 0 aliphatic rings. The van der Waals surface area contributed by atoms with Crippen molar-refractivity contribution in [2.45, 2.75) is 25.1 Å². The lowest BCUT2D eigenvalue weighted by Crippen LogP contribution is -2.28. The summed E-state index contributed by atoms with van der Waals surface area (Å²) >= 11 is 6.93. The van der Waals surface area contributed by atoms with Gasteiger partial charge in [0.25, 0.3) is 5.91 Å². The van der Waals surface area contributed by atoms with Crippen molar-refractivity contribution in [1.29, 1.82) is 0 Å². The molecule has 94 valence electrons. The summed E-state index contributed by atoms with van der Waals surface area (Å²) in [6, 6.07) is 5.71. The van der Waals surface area contributed by atoms with Crippen molar-refractivity contribution in [3.05, 3.63) is 33.8 Å². The van der Waals surface area contributed by atoms with Crippen LogP contribution in [-0.2, 0) is 0 Å². The molecule has 1 amide bonds. The van der Waals surface area contributed by atoms with Crippen molar-refractivity contribution in [1.82, 2.24) is 4.90 Å². The molecule has 0 radical (unpaired) electrons. The molecule has 1 aromatic rings. The molecule has 0 aliphatic heterocycles. The van der Waals surface area contributed by atoms with Gasteiger partial charge in [0.1, 0.15) is 0 Å². The molecule has 17 heavy (non-hydrogen) atoms. The lowest BCUT2D eigenvalue weighted by atomic mass is 10.1. The number of amides is 1. The largest absolute Gasteiger partial charge is 0.342 e. The summed E-state index contributed by atoms with van der Waals surface area (Å²) in [4.78, 5) is 14.3. The molecular formula is C13H17Br2NO. The first kappa shape index (κ1) is 14.7. The number of hydrogen-bond acceptors (Lipinski definition) is 1. The van der Waals surface area contributed by atoms with Crippen LogP contribution in [0.25, 0.3) is 0 Å². The van der Waals surface area contributed by atoms with Gasteiger partial charge in [-0.3, -0.25) is 4.79 Å². The third-order valence-electron chi connectivity index (χ3n) is 2.63. The molecule has 0 heterocycles. The average molecular weight is 363 g/mol. The average Bonchev–Trinajstić information content (AvgIpc) is 2.28. The van der Waals surface area contributed by atoms with E-state index in [1.165, 1.54) is 0 Å². The van der Waals surface area contributed by atoms with Crippen LogP contribution in [0.4, 0.5) is 0 Å². The van der Waals surface area contributed by atoms with Crippen LogP contribution in [0.3, 0.4) is 0 Å². The molecule has 0 bridgehead atoms. The highest BCUT2D eigenvalue weighted by atomic mass is 79.9. The maximum absolute atomic E-state index is 12.1. The van der Waals surface area contributed by atoms with Crippen LogP contribution in [0.15, 0.2) is 22.7 Å². The van der Waals surface area contributed by atoms with Gasteiger partial charge >= 0.3 is 0 Å². The molecule has 2 nitrogen and oxygen atoms in total. The fourth-order valence-electron chi connectivity index (χ4n) is 1.42. The van der Waals surface area contributed by atoms with E-state index in [0.29, 0.717) is 4.83 Å². The summed E-state index contributed by atoms with van der Waals surface area (Å²) in [6.07, 6.45) is 0.954. The lowest BCUT2D eigenvalue weighted by molar-refractivity contribution is 0.0794. The van der Waals surface area contributed by atoms with E-state index in [4.69, 9.17) is 0 Å². The zero-order valence-electron chi connectivity index (χ0n) is 10.3. The molecular weight excluding hydrogens is 346 g/mol. The fraction of sp³-hybridized carbons (Fsp3) is 0.462. The fourth-order valence-corrected chi connectivity index (χ4v) is 2.00. The second-order valence-electron chi connectivity index (χ2n) is 4.26. The number of benzene rings is 1. The van der Waals surface area contributed by atoms with E-state index < -0.39 is 0 Å². The van der Waals surface area contributed by atoms with Gasteiger partial charge in [0.2, 0.25) is 0 Å². The Kier molecular flexibility index (Phi) is 5.67. The van der Waals surface area contributed by atoms with Crippen LogP contribution in [0.5, 0.6) is 0 Å². The summed E-state index contributed by atoms with van der Waals surface area (Å²) in [5, 5.41) is 0. The number of carbonyl (C=O) groups excluding carboxylic acids is 1. The molecule has 1 aromatic carbocycles. The van der Waals surface area contributed by atoms with Gasteiger partial charge in [0.15, 0.2) is 0 Å². The van der Waals surface area contributed by atoms with Gasteiger partial charge in [-0.2, -0.15) is 0 Å². The normalized spacial score (nSPS) is 12.3. The molecule has 1 rings (SSSR count). The zero-order chi connectivity index (χ0) is 13.0. The highest BCUT2D eigenvalue weighted by Crippen LogP contribution is 2.18. The van der Waals surface area contributed by atoms with Gasteiger partial charge in [0.05, 0.1) is 0 Å². The third kappa shape index (κ3) is 4.43. The molecule has 4 heteroatoms. The van der Waals surface area contributed by atoms with Crippen molar-refractivity contribution < 1.29 is 4.79 Å². The molecule has 1 atom stereocenters. The molecule has 1 unspecified atom stereocenters. The van der Waals surface area contributed by atoms with Gasteiger partial charge in [-0.25, -0.2) is 0 Å². The molecule has 0 aliphatic carbocycles. The van der Waals surface area contributed by atoms with Crippen molar-refractivity contribution in [3.63, 3.8) is 0 Å². The van der Waals surface area contributed by atoms with Gasteiger partial charge < -0.3 is 4.90 Å². The quantitative estimate of drug-likeness (QED) is 0.741. The first-order valence-corrected chi connectivity index (χ1v) is 7.28. The Labute approximate surface area is 120 Å². The minimum Gasteiger partial charge on any atom is -0.342 e. The number of aryl methyl sites for hydroxylation is 1. The summed E-state index contributed by atoms with van der Waals surface area (Å²) in [5.41, 5.74) is 1.87. The number of alkyl halides is 1. The van der Waals surface area contributed by atoms with E-state index in [0.717, 1.165) is 28.6 Å². The number of rotatable bonds is 4. The van der Waals surface area contributed by atoms with E-state index in [-0.39, 0.29) is 5.91 Å². The molecule has 0 aromatic heterocycles. The number of halogens is 2. The maximum atomic E-state index is 12.1. The molecule has 0 saturated heterocycles. The van der Waals surface area contributed by atoms with E-state index in [9.17, 15) is 4.79 Å². The Morgan fingerprint density at radius 3 is 2.65 bits per heavy atom. The summed E-state index contributed by atoms with van der Waals surface area (Å²) in [5.74, 6) is 0.0684. The smallest absolute Gasteiger partial charge is 0.253 e. The van der Waals surface area contributed by atoms with Crippen LogP contribution in [0.2, 0.25) is 0 Å². The van der Waals surface area contributed by atoms with E-state index in [1.54, 1.807) is 4.90 Å². The Hall–Kier alpha value is -0.350. The number of carbonyl (C=O) groups is 1. The molecule has 0 N–H and O–H groups in total. The van der Waals surface area contributed by atoms with Crippen LogP contribution in [0.1, 0.15) is 29.3 Å². The second kappa shape index (κ2) is 6.55. The van der Waals surface area contributed by atoms with Crippen LogP contribution >= 0.6 is 31.9 Å². The monoisotopic (exact) mass is 361 g/mol. The van der Waals surface area contributed by atoms with Crippen LogP contribution < -0.4 is 0 Å². The highest BCUT2D eigenvalue weighted by Gasteiger charge is 2.12. The minimum absolute atomic E-state index is 0.0684. The van der Waals surface area contributed by atoms with E-state index >= 15 is 0 Å². The van der Waals surface area contributed by atoms with Crippen molar-refractivity contribution in [3.8, 4) is 0 Å². The predicted molar refractivity (Wildman–Crippen MR) is 78.8 cm³/mol. The Morgan fingerprint density at radius 2 is 2.12 bits per heavy atom. The van der Waals surface area contributed by atoms with Gasteiger partial charge in [-0.15, -0.1) is 0 Å². The number of hydrogen-bond donors (Lipinski definition) is 0.